The Morgan fingerprint density at radius 3 is 2.63 bits per heavy atom. The van der Waals surface area contributed by atoms with E-state index in [-0.39, 0.29) is 17.2 Å². The number of fused-ring (bicyclic) bond motifs is 1. The van der Waals surface area contributed by atoms with E-state index in [0.29, 0.717) is 19.4 Å². The summed E-state index contributed by atoms with van der Waals surface area (Å²) in [6.07, 6.45) is 1.07. The molecule has 0 spiro atoms. The van der Waals surface area contributed by atoms with Gasteiger partial charge in [-0.15, -0.1) is 0 Å². The van der Waals surface area contributed by atoms with E-state index in [0.717, 1.165) is 16.8 Å². The molecule has 0 atom stereocenters. The van der Waals surface area contributed by atoms with Crippen LogP contribution >= 0.6 is 0 Å². The molecule has 0 saturated heterocycles. The third-order valence-electron chi connectivity index (χ3n) is 3.78. The number of hydrogen-bond donors (Lipinski definition) is 1. The highest BCUT2D eigenvalue weighted by molar-refractivity contribution is 6.15. The van der Waals surface area contributed by atoms with Crippen LogP contribution in [0.5, 0.6) is 0 Å². The Morgan fingerprint density at radius 1 is 1.37 bits per heavy atom. The van der Waals surface area contributed by atoms with Crippen molar-refractivity contribution in [3.63, 3.8) is 0 Å². The van der Waals surface area contributed by atoms with Crippen molar-refractivity contribution in [1.29, 1.82) is 0 Å². The first-order valence-corrected chi connectivity index (χ1v) is 6.54. The molecule has 0 aliphatic carbocycles. The monoisotopic (exact) mass is 260 g/mol. The minimum Gasteiger partial charge on any atom is -0.330 e. The van der Waals surface area contributed by atoms with Crippen LogP contribution in [0, 0.1) is 0 Å². The molecule has 1 aromatic rings. The number of imide groups is 1. The quantitative estimate of drug-likeness (QED) is 0.881. The first-order valence-electron chi connectivity index (χ1n) is 6.54. The molecule has 1 aliphatic heterocycles. The van der Waals surface area contributed by atoms with Gasteiger partial charge < -0.3 is 5.73 Å². The molecule has 2 N–H and O–H groups in total. The van der Waals surface area contributed by atoms with Crippen LogP contribution in [0.3, 0.4) is 0 Å². The van der Waals surface area contributed by atoms with Gasteiger partial charge in [-0.25, -0.2) is 0 Å². The second-order valence-electron chi connectivity index (χ2n) is 5.68. The van der Waals surface area contributed by atoms with Gasteiger partial charge in [-0.3, -0.25) is 14.5 Å². The average Bonchev–Trinajstić information content (AvgIpc) is 2.37. The summed E-state index contributed by atoms with van der Waals surface area (Å²) in [7, 11) is 0. The normalized spacial score (nSPS) is 15.4. The van der Waals surface area contributed by atoms with Gasteiger partial charge in [0.1, 0.15) is 0 Å². The van der Waals surface area contributed by atoms with Gasteiger partial charge in [-0.2, -0.15) is 0 Å². The summed E-state index contributed by atoms with van der Waals surface area (Å²) in [4.78, 5) is 24.7. The van der Waals surface area contributed by atoms with Crippen LogP contribution in [0.25, 0.3) is 0 Å². The lowest BCUT2D eigenvalue weighted by molar-refractivity contribution is -0.125. The van der Waals surface area contributed by atoms with Crippen LogP contribution in [0.2, 0.25) is 0 Å². The maximum Gasteiger partial charge on any atom is 0.234 e. The average molecular weight is 260 g/mol. The molecular weight excluding hydrogens is 240 g/mol. The smallest absolute Gasteiger partial charge is 0.234 e. The zero-order valence-electron chi connectivity index (χ0n) is 11.7. The second-order valence-corrected chi connectivity index (χ2v) is 5.68. The van der Waals surface area contributed by atoms with E-state index in [1.54, 1.807) is 0 Å². The van der Waals surface area contributed by atoms with E-state index in [4.69, 9.17) is 5.73 Å². The summed E-state index contributed by atoms with van der Waals surface area (Å²) >= 11 is 0. The molecule has 1 aliphatic rings. The van der Waals surface area contributed by atoms with Crippen LogP contribution in [-0.4, -0.2) is 18.4 Å². The molecule has 0 fully saturated rings. The minimum absolute atomic E-state index is 0.0997. The second kappa shape index (κ2) is 4.78. The third kappa shape index (κ3) is 2.40. The number of nitrogens with two attached hydrogens (primary N) is 1. The number of aryl methyl sites for hydroxylation is 1. The van der Waals surface area contributed by atoms with Gasteiger partial charge in [0.25, 0.3) is 0 Å². The van der Waals surface area contributed by atoms with E-state index < -0.39 is 0 Å². The first kappa shape index (κ1) is 13.7. The Labute approximate surface area is 113 Å². The van der Waals surface area contributed by atoms with Crippen molar-refractivity contribution in [3.8, 4) is 0 Å². The van der Waals surface area contributed by atoms with Crippen molar-refractivity contribution >= 4 is 17.5 Å². The molecule has 0 saturated carbocycles. The first-order chi connectivity index (χ1) is 8.86. The van der Waals surface area contributed by atoms with Crippen LogP contribution in [-0.2, 0) is 21.4 Å². The van der Waals surface area contributed by atoms with Gasteiger partial charge in [-0.05, 0) is 23.6 Å². The Morgan fingerprint density at radius 2 is 2.05 bits per heavy atom. The summed E-state index contributed by atoms with van der Waals surface area (Å²) in [6, 6.07) is 5.89. The van der Waals surface area contributed by atoms with Crippen LogP contribution in [0.4, 0.5) is 5.69 Å². The molecule has 2 rings (SSSR count). The molecule has 19 heavy (non-hydrogen) atoms. The van der Waals surface area contributed by atoms with Crippen molar-refractivity contribution < 1.29 is 9.59 Å². The highest BCUT2D eigenvalue weighted by Gasteiger charge is 2.28. The van der Waals surface area contributed by atoms with Crippen LogP contribution in [0.15, 0.2) is 18.2 Å². The lowest BCUT2D eigenvalue weighted by Gasteiger charge is -2.30. The van der Waals surface area contributed by atoms with E-state index >= 15 is 0 Å². The predicted octanol–water partition coefficient (Wildman–Crippen LogP) is 1.75. The van der Waals surface area contributed by atoms with Gasteiger partial charge in [0.2, 0.25) is 11.8 Å². The Balaban J connectivity index is 2.48. The number of hydrogen-bond acceptors (Lipinski definition) is 3. The molecule has 0 aromatic heterocycles. The molecule has 1 heterocycles. The fourth-order valence-corrected chi connectivity index (χ4v) is 2.38. The lowest BCUT2D eigenvalue weighted by Crippen LogP contribution is -2.39. The molecule has 102 valence electrons. The number of anilines is 1. The van der Waals surface area contributed by atoms with Gasteiger partial charge in [0.15, 0.2) is 0 Å². The van der Waals surface area contributed by atoms with Crippen molar-refractivity contribution in [2.24, 2.45) is 5.73 Å². The molecule has 4 heteroatoms. The predicted molar refractivity (Wildman–Crippen MR) is 75.0 cm³/mol. The van der Waals surface area contributed by atoms with Gasteiger partial charge >= 0.3 is 0 Å². The number of nitrogens with zero attached hydrogens (tertiary/aromatic N) is 1. The van der Waals surface area contributed by atoms with Crippen molar-refractivity contribution in [3.05, 3.63) is 29.3 Å². The van der Waals surface area contributed by atoms with Gasteiger partial charge in [-0.1, -0.05) is 26.0 Å². The van der Waals surface area contributed by atoms with Crippen molar-refractivity contribution in [2.45, 2.75) is 39.0 Å². The number of carbonyl (C=O) groups is 2. The summed E-state index contributed by atoms with van der Waals surface area (Å²) in [5, 5.41) is 0. The van der Waals surface area contributed by atoms with E-state index in [2.05, 4.69) is 19.9 Å². The Kier molecular flexibility index (Phi) is 3.45. The fraction of sp³-hybridized carbons (Fsp3) is 0.467. The number of rotatable bonds is 2. The molecule has 0 bridgehead atoms. The maximum absolute atomic E-state index is 11.8. The lowest BCUT2D eigenvalue weighted by atomic mass is 9.83. The Hall–Kier alpha value is -1.68. The van der Waals surface area contributed by atoms with Crippen molar-refractivity contribution in [1.82, 2.24) is 0 Å². The van der Waals surface area contributed by atoms with Crippen LogP contribution in [0.1, 0.15) is 38.3 Å². The fourth-order valence-electron chi connectivity index (χ4n) is 2.38. The van der Waals surface area contributed by atoms with Gasteiger partial charge in [0, 0.05) is 25.3 Å². The largest absolute Gasteiger partial charge is 0.330 e. The van der Waals surface area contributed by atoms with Crippen LogP contribution < -0.4 is 10.6 Å². The van der Waals surface area contributed by atoms with E-state index in [1.165, 1.54) is 11.8 Å². The maximum atomic E-state index is 11.8. The minimum atomic E-state index is -0.225. The SMILES string of the molecule is CC(=O)N1C(=O)CCc2cc(C(C)(C)CN)ccc21. The Bertz CT molecular complexity index is 535. The summed E-state index contributed by atoms with van der Waals surface area (Å²) in [5.74, 6) is -0.345. The number of benzene rings is 1. The van der Waals surface area contributed by atoms with Crippen molar-refractivity contribution in [2.75, 3.05) is 11.4 Å². The molecule has 2 amide bonds. The topological polar surface area (TPSA) is 63.4 Å². The summed E-state index contributed by atoms with van der Waals surface area (Å²) in [6.45, 7) is 6.16. The third-order valence-corrected chi connectivity index (χ3v) is 3.78. The molecule has 1 aromatic carbocycles. The van der Waals surface area contributed by atoms with Gasteiger partial charge in [0.05, 0.1) is 5.69 Å². The molecular formula is C15H20N2O2. The van der Waals surface area contributed by atoms with E-state index in [9.17, 15) is 9.59 Å². The number of carbonyl (C=O) groups excluding carboxylic acids is 2. The number of amides is 2. The molecule has 0 unspecified atom stereocenters. The van der Waals surface area contributed by atoms with E-state index in [1.807, 2.05) is 12.1 Å². The standard InChI is InChI=1S/C15H20N2O2/c1-10(18)17-13-6-5-12(15(2,3)9-16)8-11(13)4-7-14(17)19/h5-6,8H,4,7,9,16H2,1-3H3. The highest BCUT2D eigenvalue weighted by atomic mass is 16.2. The zero-order valence-corrected chi connectivity index (χ0v) is 11.7. The summed E-state index contributed by atoms with van der Waals surface area (Å²) in [5.41, 5.74) is 8.61. The molecule has 4 nitrogen and oxygen atoms in total. The zero-order chi connectivity index (χ0) is 14.2. The summed E-state index contributed by atoms with van der Waals surface area (Å²) < 4.78 is 0. The highest BCUT2D eigenvalue weighted by Crippen LogP contribution is 2.32. The molecule has 0 radical (unpaired) electrons.